The van der Waals surface area contributed by atoms with E-state index in [0.29, 0.717) is 16.3 Å². The summed E-state index contributed by atoms with van der Waals surface area (Å²) < 4.78 is 1.12. The lowest BCUT2D eigenvalue weighted by atomic mass is 10.1. The molecule has 0 bridgehead atoms. The van der Waals surface area contributed by atoms with Crippen molar-refractivity contribution in [1.29, 1.82) is 0 Å². The molecule has 2 N–H and O–H groups in total. The summed E-state index contributed by atoms with van der Waals surface area (Å²) in [4.78, 5) is 20.6. The minimum atomic E-state index is -0.783. The first kappa shape index (κ1) is 11.9. The van der Waals surface area contributed by atoms with Gasteiger partial charge in [0, 0.05) is 16.8 Å². The monoisotopic (exact) mass is 272 g/mol. The van der Waals surface area contributed by atoms with Gasteiger partial charge < -0.3 is 5.84 Å². The van der Waals surface area contributed by atoms with Crippen LogP contribution in [-0.4, -0.2) is 14.5 Å². The van der Waals surface area contributed by atoms with Gasteiger partial charge in [0.2, 0.25) is 0 Å². The number of rotatable bonds is 2. The van der Waals surface area contributed by atoms with Crippen LogP contribution >= 0.6 is 0 Å². The lowest BCUT2D eigenvalue weighted by molar-refractivity contribution is -0.421. The Morgan fingerprint density at radius 3 is 2.30 bits per heavy atom. The topological polar surface area (TPSA) is 117 Å². The molecule has 0 atom stereocenters. The van der Waals surface area contributed by atoms with E-state index in [1.54, 1.807) is 24.3 Å². The van der Waals surface area contributed by atoms with E-state index in [2.05, 4.69) is 0 Å². The van der Waals surface area contributed by atoms with Gasteiger partial charge in [0.15, 0.2) is 5.52 Å². The molecule has 0 aliphatic rings. The van der Waals surface area contributed by atoms with Crippen molar-refractivity contribution < 1.29 is 9.85 Å². The van der Waals surface area contributed by atoms with E-state index in [0.717, 1.165) is 10.7 Å². The SMILES string of the molecule is Nn1c2ccccc2c2ccc([N+](=O)[O-])c([N+](=O)[O-])c21. The number of hydrogen-bond acceptors (Lipinski definition) is 5. The van der Waals surface area contributed by atoms with Crippen molar-refractivity contribution in [2.45, 2.75) is 0 Å². The number of aromatic nitrogens is 1. The first-order valence-electron chi connectivity index (χ1n) is 5.62. The molecule has 0 unspecified atom stereocenters. The molecule has 8 heteroatoms. The number of nitrogens with two attached hydrogens (primary N) is 1. The van der Waals surface area contributed by atoms with E-state index in [1.807, 2.05) is 0 Å². The smallest absolute Gasteiger partial charge is 0.338 e. The Balaban J connectivity index is 2.61. The molecule has 0 fully saturated rings. The second kappa shape index (κ2) is 3.92. The number of nitrogen functional groups attached to an aromatic ring is 1. The maximum atomic E-state index is 11.2. The maximum Gasteiger partial charge on any atom is 0.371 e. The van der Waals surface area contributed by atoms with E-state index in [1.165, 1.54) is 6.07 Å². The molecule has 20 heavy (non-hydrogen) atoms. The standard InChI is InChI=1S/C12H8N4O4/c13-14-9-4-2-1-3-7(9)8-5-6-10(15(17)18)12(11(8)14)16(19)20/h1-6H,13H2. The zero-order valence-electron chi connectivity index (χ0n) is 10.0. The molecule has 0 saturated carbocycles. The van der Waals surface area contributed by atoms with Crippen molar-refractivity contribution in [3.63, 3.8) is 0 Å². The van der Waals surface area contributed by atoms with Gasteiger partial charge in [-0.2, -0.15) is 0 Å². The molecule has 0 radical (unpaired) electrons. The molecule has 3 aromatic rings. The lowest BCUT2D eigenvalue weighted by Crippen LogP contribution is -2.09. The van der Waals surface area contributed by atoms with E-state index < -0.39 is 21.2 Å². The molecule has 0 spiro atoms. The van der Waals surface area contributed by atoms with Gasteiger partial charge in [-0.05, 0) is 12.1 Å². The Morgan fingerprint density at radius 2 is 1.65 bits per heavy atom. The van der Waals surface area contributed by atoms with Gasteiger partial charge in [-0.3, -0.25) is 24.9 Å². The molecule has 8 nitrogen and oxygen atoms in total. The van der Waals surface area contributed by atoms with Crippen LogP contribution in [0.1, 0.15) is 0 Å². The highest BCUT2D eigenvalue weighted by Gasteiger charge is 2.30. The second-order valence-electron chi connectivity index (χ2n) is 4.23. The Labute approximate surface area is 111 Å². The Morgan fingerprint density at radius 1 is 0.950 bits per heavy atom. The summed E-state index contributed by atoms with van der Waals surface area (Å²) in [6, 6.07) is 9.58. The normalized spacial score (nSPS) is 11.0. The quantitative estimate of drug-likeness (QED) is 0.436. The number of fused-ring (bicyclic) bond motifs is 3. The van der Waals surface area contributed by atoms with Crippen molar-refractivity contribution in [2.24, 2.45) is 0 Å². The molecule has 0 saturated heterocycles. The van der Waals surface area contributed by atoms with Gasteiger partial charge in [-0.1, -0.05) is 18.2 Å². The fourth-order valence-corrected chi connectivity index (χ4v) is 2.39. The van der Waals surface area contributed by atoms with Crippen molar-refractivity contribution >= 4 is 33.2 Å². The largest absolute Gasteiger partial charge is 0.371 e. The first-order valence-corrected chi connectivity index (χ1v) is 5.62. The van der Waals surface area contributed by atoms with Gasteiger partial charge >= 0.3 is 11.4 Å². The molecule has 1 heterocycles. The van der Waals surface area contributed by atoms with Crippen LogP contribution in [0.3, 0.4) is 0 Å². The van der Waals surface area contributed by atoms with Crippen LogP contribution in [0, 0.1) is 20.2 Å². The summed E-state index contributed by atoms with van der Waals surface area (Å²) >= 11 is 0. The summed E-state index contributed by atoms with van der Waals surface area (Å²) in [7, 11) is 0. The highest BCUT2D eigenvalue weighted by atomic mass is 16.6. The van der Waals surface area contributed by atoms with Gasteiger partial charge in [0.05, 0.1) is 15.4 Å². The zero-order valence-corrected chi connectivity index (χ0v) is 10.0. The van der Waals surface area contributed by atoms with Crippen molar-refractivity contribution in [3.05, 3.63) is 56.6 Å². The van der Waals surface area contributed by atoms with Crippen molar-refractivity contribution in [3.8, 4) is 0 Å². The third kappa shape index (κ3) is 1.41. The van der Waals surface area contributed by atoms with Crippen LogP contribution in [0.25, 0.3) is 21.8 Å². The van der Waals surface area contributed by atoms with Gasteiger partial charge in [-0.25, -0.2) is 0 Å². The van der Waals surface area contributed by atoms with Crippen molar-refractivity contribution in [2.75, 3.05) is 5.84 Å². The minimum absolute atomic E-state index is 0.0467. The van der Waals surface area contributed by atoms with Crippen LogP contribution in [0.4, 0.5) is 11.4 Å². The number of para-hydroxylation sites is 1. The fraction of sp³-hybridized carbons (Fsp3) is 0. The second-order valence-corrected chi connectivity index (χ2v) is 4.23. The highest BCUT2D eigenvalue weighted by molar-refractivity contribution is 6.12. The third-order valence-corrected chi connectivity index (χ3v) is 3.20. The average molecular weight is 272 g/mol. The number of nitrogens with zero attached hydrogens (tertiary/aromatic N) is 3. The highest BCUT2D eigenvalue weighted by Crippen LogP contribution is 2.38. The van der Waals surface area contributed by atoms with Crippen molar-refractivity contribution in [1.82, 2.24) is 4.68 Å². The summed E-state index contributed by atoms with van der Waals surface area (Å²) in [6.45, 7) is 0. The number of nitro benzene ring substituents is 2. The summed E-state index contributed by atoms with van der Waals surface area (Å²) in [5, 5.41) is 23.4. The van der Waals surface area contributed by atoms with Gasteiger partial charge in [0.1, 0.15) is 0 Å². The summed E-state index contributed by atoms with van der Waals surface area (Å²) in [5.41, 5.74) is -0.542. The predicted octanol–water partition coefficient (Wildman–Crippen LogP) is 2.32. The van der Waals surface area contributed by atoms with E-state index in [4.69, 9.17) is 5.84 Å². The maximum absolute atomic E-state index is 11.2. The molecule has 100 valence electrons. The Bertz CT molecular complexity index is 884. The van der Waals surface area contributed by atoms with Crippen LogP contribution in [-0.2, 0) is 0 Å². The fourth-order valence-electron chi connectivity index (χ4n) is 2.39. The first-order chi connectivity index (χ1) is 9.52. The van der Waals surface area contributed by atoms with Crippen LogP contribution in [0.5, 0.6) is 0 Å². The Kier molecular flexibility index (Phi) is 2.33. The molecule has 2 aromatic carbocycles. The van der Waals surface area contributed by atoms with Gasteiger partial charge in [-0.15, -0.1) is 0 Å². The molecular formula is C12H8N4O4. The van der Waals surface area contributed by atoms with Crippen LogP contribution in [0.15, 0.2) is 36.4 Å². The summed E-state index contributed by atoms with van der Waals surface area (Å²) in [6.07, 6.45) is 0. The van der Waals surface area contributed by atoms with Crippen LogP contribution in [0.2, 0.25) is 0 Å². The van der Waals surface area contributed by atoms with E-state index >= 15 is 0 Å². The molecule has 0 amide bonds. The predicted molar refractivity (Wildman–Crippen MR) is 72.9 cm³/mol. The zero-order chi connectivity index (χ0) is 14.4. The molecule has 1 aromatic heterocycles. The number of hydrogen-bond donors (Lipinski definition) is 1. The number of benzene rings is 2. The lowest BCUT2D eigenvalue weighted by Gasteiger charge is -2.00. The Hall–Kier alpha value is -3.16. The minimum Gasteiger partial charge on any atom is -0.338 e. The molecule has 0 aliphatic carbocycles. The van der Waals surface area contributed by atoms with E-state index in [9.17, 15) is 20.2 Å². The van der Waals surface area contributed by atoms with Crippen LogP contribution < -0.4 is 5.84 Å². The molecular weight excluding hydrogens is 264 g/mol. The number of nitro groups is 2. The van der Waals surface area contributed by atoms with Gasteiger partial charge in [0.25, 0.3) is 0 Å². The molecule has 3 rings (SSSR count). The molecule has 0 aliphatic heterocycles. The average Bonchev–Trinajstić information content (AvgIpc) is 2.72. The summed E-state index contributed by atoms with van der Waals surface area (Å²) in [5.74, 6) is 5.87. The third-order valence-electron chi connectivity index (χ3n) is 3.20. The van der Waals surface area contributed by atoms with E-state index in [-0.39, 0.29) is 5.52 Å².